The van der Waals surface area contributed by atoms with Crippen LogP contribution < -0.4 is 5.73 Å². The second-order valence-corrected chi connectivity index (χ2v) is 8.35. The highest BCUT2D eigenvalue weighted by Gasteiger charge is 2.42. The molecule has 1 atom stereocenters. The molecule has 5 heteroatoms. The number of nitrogens with zero attached hydrogens (tertiary/aromatic N) is 1. The highest BCUT2D eigenvalue weighted by atomic mass is 16.6. The number of rotatable bonds is 2. The summed E-state index contributed by atoms with van der Waals surface area (Å²) in [5.41, 5.74) is 5.14. The summed E-state index contributed by atoms with van der Waals surface area (Å²) in [5.74, 6) is 0.413. The Labute approximate surface area is 140 Å². The standard InChI is InChI=1S/C18H34N2O3/c1-17(2,3)23-16(21)20-12-10-18(22,11-13-20)15(19)14-8-6-4-5-7-9-14/h14-15,22H,4-13,19H2,1-3H3. The van der Waals surface area contributed by atoms with Gasteiger partial charge in [0.1, 0.15) is 5.60 Å². The fourth-order valence-electron chi connectivity index (χ4n) is 3.85. The number of piperidine rings is 1. The zero-order valence-corrected chi connectivity index (χ0v) is 15.0. The second-order valence-electron chi connectivity index (χ2n) is 8.35. The van der Waals surface area contributed by atoms with Gasteiger partial charge in [0.2, 0.25) is 0 Å². The van der Waals surface area contributed by atoms with Crippen molar-refractivity contribution in [3.63, 3.8) is 0 Å². The third-order valence-electron chi connectivity index (χ3n) is 5.31. The fraction of sp³-hybridized carbons (Fsp3) is 0.944. The highest BCUT2D eigenvalue weighted by molar-refractivity contribution is 5.68. The van der Waals surface area contributed by atoms with Gasteiger partial charge < -0.3 is 20.5 Å². The molecule has 0 bridgehead atoms. The van der Waals surface area contributed by atoms with Crippen molar-refractivity contribution < 1.29 is 14.6 Å². The Kier molecular flexibility index (Phi) is 5.95. The maximum absolute atomic E-state index is 12.1. The van der Waals surface area contributed by atoms with Gasteiger partial charge in [0.15, 0.2) is 0 Å². The van der Waals surface area contributed by atoms with Gasteiger partial charge in [-0.1, -0.05) is 25.7 Å². The maximum Gasteiger partial charge on any atom is 0.410 e. The van der Waals surface area contributed by atoms with Crippen LogP contribution in [-0.4, -0.2) is 46.4 Å². The van der Waals surface area contributed by atoms with E-state index in [9.17, 15) is 9.90 Å². The lowest BCUT2D eigenvalue weighted by atomic mass is 9.76. The Hall–Kier alpha value is -0.810. The summed E-state index contributed by atoms with van der Waals surface area (Å²) in [6, 6.07) is -0.179. The van der Waals surface area contributed by atoms with E-state index < -0.39 is 11.2 Å². The minimum atomic E-state index is -0.840. The number of aliphatic hydroxyl groups is 1. The van der Waals surface area contributed by atoms with Gasteiger partial charge in [-0.15, -0.1) is 0 Å². The Balaban J connectivity index is 1.89. The van der Waals surface area contributed by atoms with E-state index in [1.807, 2.05) is 20.8 Å². The van der Waals surface area contributed by atoms with Crippen molar-refractivity contribution in [1.82, 2.24) is 4.90 Å². The van der Waals surface area contributed by atoms with Crippen molar-refractivity contribution in [2.75, 3.05) is 13.1 Å². The van der Waals surface area contributed by atoms with Gasteiger partial charge >= 0.3 is 6.09 Å². The van der Waals surface area contributed by atoms with Crippen LogP contribution in [0.1, 0.15) is 72.1 Å². The minimum absolute atomic E-state index is 0.179. The van der Waals surface area contributed by atoms with Crippen molar-refractivity contribution in [2.45, 2.75) is 89.4 Å². The summed E-state index contributed by atoms with van der Waals surface area (Å²) in [6.07, 6.45) is 8.06. The third-order valence-corrected chi connectivity index (χ3v) is 5.31. The quantitative estimate of drug-likeness (QED) is 0.765. The Morgan fingerprint density at radius 1 is 1.17 bits per heavy atom. The van der Waals surface area contributed by atoms with E-state index in [1.54, 1.807) is 4.90 Å². The maximum atomic E-state index is 12.1. The monoisotopic (exact) mass is 326 g/mol. The van der Waals surface area contributed by atoms with Crippen LogP contribution in [0.5, 0.6) is 0 Å². The summed E-state index contributed by atoms with van der Waals surface area (Å²) in [7, 11) is 0. The molecular weight excluding hydrogens is 292 g/mol. The van der Waals surface area contributed by atoms with Gasteiger partial charge in [0, 0.05) is 19.1 Å². The first-order valence-electron chi connectivity index (χ1n) is 9.17. The number of hydrogen-bond acceptors (Lipinski definition) is 4. The molecule has 1 aliphatic carbocycles. The molecule has 3 N–H and O–H groups in total. The molecule has 2 rings (SSSR count). The first-order valence-corrected chi connectivity index (χ1v) is 9.17. The average Bonchev–Trinajstić information content (AvgIpc) is 2.74. The lowest BCUT2D eigenvalue weighted by Gasteiger charge is -2.44. The van der Waals surface area contributed by atoms with Crippen molar-refractivity contribution in [2.24, 2.45) is 11.7 Å². The van der Waals surface area contributed by atoms with Crippen LogP contribution in [-0.2, 0) is 4.74 Å². The van der Waals surface area contributed by atoms with E-state index in [4.69, 9.17) is 10.5 Å². The predicted molar refractivity (Wildman–Crippen MR) is 91.2 cm³/mol. The summed E-state index contributed by atoms with van der Waals surface area (Å²) < 4.78 is 5.41. The molecule has 5 nitrogen and oxygen atoms in total. The van der Waals surface area contributed by atoms with Gasteiger partial charge in [-0.3, -0.25) is 0 Å². The number of ether oxygens (including phenoxy) is 1. The zero-order valence-electron chi connectivity index (χ0n) is 15.0. The van der Waals surface area contributed by atoms with Gasteiger partial charge in [0.25, 0.3) is 0 Å². The van der Waals surface area contributed by atoms with Crippen LogP contribution in [0.2, 0.25) is 0 Å². The molecule has 0 aromatic heterocycles. The van der Waals surface area contributed by atoms with E-state index in [0.717, 1.165) is 12.8 Å². The van der Waals surface area contributed by atoms with Crippen LogP contribution in [0.3, 0.4) is 0 Å². The summed E-state index contributed by atoms with van der Waals surface area (Å²) in [6.45, 7) is 6.64. The summed E-state index contributed by atoms with van der Waals surface area (Å²) in [5, 5.41) is 11.0. The smallest absolute Gasteiger partial charge is 0.410 e. The molecule has 1 saturated heterocycles. The lowest BCUT2D eigenvalue weighted by molar-refractivity contribution is -0.0594. The summed E-state index contributed by atoms with van der Waals surface area (Å²) >= 11 is 0. The van der Waals surface area contributed by atoms with E-state index >= 15 is 0 Å². The average molecular weight is 326 g/mol. The first kappa shape index (κ1) is 18.5. The third kappa shape index (κ3) is 5.08. The predicted octanol–water partition coefficient (Wildman–Crippen LogP) is 3.05. The van der Waals surface area contributed by atoms with Gasteiger partial charge in [0.05, 0.1) is 5.60 Å². The molecular formula is C18H34N2O3. The van der Waals surface area contributed by atoms with Crippen molar-refractivity contribution >= 4 is 6.09 Å². The van der Waals surface area contributed by atoms with Crippen LogP contribution in [0.25, 0.3) is 0 Å². The van der Waals surface area contributed by atoms with Gasteiger partial charge in [-0.2, -0.15) is 0 Å². The van der Waals surface area contributed by atoms with Crippen molar-refractivity contribution in [1.29, 1.82) is 0 Å². The summed E-state index contributed by atoms with van der Waals surface area (Å²) in [4.78, 5) is 13.8. The Morgan fingerprint density at radius 3 is 2.17 bits per heavy atom. The van der Waals surface area contributed by atoms with Crippen molar-refractivity contribution in [3.05, 3.63) is 0 Å². The number of nitrogens with two attached hydrogens (primary N) is 1. The van der Waals surface area contributed by atoms with Crippen LogP contribution in [0.4, 0.5) is 4.79 Å². The largest absolute Gasteiger partial charge is 0.444 e. The van der Waals surface area contributed by atoms with Gasteiger partial charge in [-0.05, 0) is 52.4 Å². The number of hydrogen-bond donors (Lipinski definition) is 2. The van der Waals surface area contributed by atoms with Crippen LogP contribution in [0, 0.1) is 5.92 Å². The molecule has 0 radical (unpaired) electrons. The molecule has 0 aromatic carbocycles. The normalized spacial score (nSPS) is 24.8. The van der Waals surface area contributed by atoms with Crippen molar-refractivity contribution in [3.8, 4) is 0 Å². The van der Waals surface area contributed by atoms with E-state index in [0.29, 0.717) is 31.8 Å². The molecule has 134 valence electrons. The van der Waals surface area contributed by atoms with Crippen LogP contribution in [0.15, 0.2) is 0 Å². The number of carbonyl (C=O) groups excluding carboxylic acids is 1. The van der Waals surface area contributed by atoms with Gasteiger partial charge in [-0.25, -0.2) is 4.79 Å². The topological polar surface area (TPSA) is 75.8 Å². The molecule has 2 fully saturated rings. The molecule has 1 saturated carbocycles. The van der Waals surface area contributed by atoms with Crippen LogP contribution >= 0.6 is 0 Å². The molecule has 0 spiro atoms. The molecule has 23 heavy (non-hydrogen) atoms. The SMILES string of the molecule is CC(C)(C)OC(=O)N1CCC(O)(C(N)C2CCCCCC2)CC1. The molecule has 2 aliphatic rings. The lowest BCUT2D eigenvalue weighted by Crippen LogP contribution is -2.58. The highest BCUT2D eigenvalue weighted by Crippen LogP contribution is 2.34. The van der Waals surface area contributed by atoms with E-state index in [2.05, 4.69) is 0 Å². The second kappa shape index (κ2) is 7.39. The Bertz CT molecular complexity index is 390. The number of likely N-dealkylation sites (tertiary alicyclic amines) is 1. The zero-order chi connectivity index (χ0) is 17.1. The van der Waals surface area contributed by atoms with E-state index in [1.165, 1.54) is 25.7 Å². The molecule has 1 unspecified atom stereocenters. The molecule has 1 amide bonds. The molecule has 1 heterocycles. The minimum Gasteiger partial charge on any atom is -0.444 e. The fourth-order valence-corrected chi connectivity index (χ4v) is 3.85. The van der Waals surface area contributed by atoms with E-state index in [-0.39, 0.29) is 12.1 Å². The number of carbonyl (C=O) groups is 1. The molecule has 1 aliphatic heterocycles. The Morgan fingerprint density at radius 2 is 1.70 bits per heavy atom. The molecule has 0 aromatic rings. The number of amides is 1. The first-order chi connectivity index (χ1) is 10.7.